The van der Waals surface area contributed by atoms with Crippen molar-refractivity contribution in [1.82, 2.24) is 28.6 Å². The molecule has 0 aromatic carbocycles. The zero-order valence-electron chi connectivity index (χ0n) is 20.8. The molecule has 39 heavy (non-hydrogen) atoms. The fourth-order valence-corrected chi connectivity index (χ4v) is 7.62. The van der Waals surface area contributed by atoms with Crippen LogP contribution in [-0.2, 0) is 24.8 Å². The van der Waals surface area contributed by atoms with Crippen LogP contribution in [0.4, 0.5) is 13.2 Å². The molecule has 5 rings (SSSR count). The first kappa shape index (κ1) is 28.1. The number of hydrogen-bond acceptors (Lipinski definition) is 9. The van der Waals surface area contributed by atoms with Gasteiger partial charge in [0, 0.05) is 24.8 Å². The molecule has 11 nitrogen and oxygen atoms in total. The molecule has 5 heterocycles. The molecule has 2 aliphatic rings. The summed E-state index contributed by atoms with van der Waals surface area (Å²) >= 11 is 0.626. The number of halogens is 3. The van der Waals surface area contributed by atoms with Crippen molar-refractivity contribution in [2.24, 2.45) is 0 Å². The minimum absolute atomic E-state index is 0.0539. The maximum atomic E-state index is 13.7. The van der Waals surface area contributed by atoms with E-state index in [9.17, 15) is 30.0 Å². The van der Waals surface area contributed by atoms with Gasteiger partial charge in [-0.25, -0.2) is 35.0 Å². The monoisotopic (exact) mass is 606 g/mol. The van der Waals surface area contributed by atoms with Crippen LogP contribution in [0.1, 0.15) is 37.3 Å². The third-order valence-corrected chi connectivity index (χ3v) is 11.3. The van der Waals surface area contributed by atoms with Gasteiger partial charge in [0.25, 0.3) is 6.43 Å². The SMILES string of the molecule is CC(C)S(=O)(=O)N1CC=C(c2cc(S(=O)(=O)NC3(CF)COC3)cn3c(-c4nnc(C(F)F)s4)ncc23)CC1. The zero-order chi connectivity index (χ0) is 28.2. The highest BCUT2D eigenvalue weighted by molar-refractivity contribution is 7.89. The second-order valence-electron chi connectivity index (χ2n) is 9.62. The number of ether oxygens (including phenoxy) is 1. The molecule has 17 heteroatoms. The van der Waals surface area contributed by atoms with Crippen molar-refractivity contribution in [3.05, 3.63) is 35.1 Å². The fraction of sp³-hybridized carbons (Fsp3) is 0.500. The third-order valence-electron chi connectivity index (χ3n) is 6.58. The highest BCUT2D eigenvalue weighted by Crippen LogP contribution is 2.34. The normalized spacial score (nSPS) is 18.6. The van der Waals surface area contributed by atoms with E-state index in [2.05, 4.69) is 19.9 Å². The summed E-state index contributed by atoms with van der Waals surface area (Å²) in [7, 11) is -7.77. The zero-order valence-corrected chi connectivity index (χ0v) is 23.3. The summed E-state index contributed by atoms with van der Waals surface area (Å²) in [5, 5.41) is 6.24. The van der Waals surface area contributed by atoms with Gasteiger partial charge >= 0.3 is 0 Å². The van der Waals surface area contributed by atoms with Crippen LogP contribution in [-0.4, -0.2) is 84.5 Å². The smallest absolute Gasteiger partial charge is 0.291 e. The summed E-state index contributed by atoms with van der Waals surface area (Å²) in [5.74, 6) is 0.0975. The minimum atomic E-state index is -4.28. The van der Waals surface area contributed by atoms with E-state index in [0.29, 0.717) is 28.0 Å². The summed E-state index contributed by atoms with van der Waals surface area (Å²) in [6.07, 6.45) is 1.88. The largest absolute Gasteiger partial charge is 0.377 e. The Kier molecular flexibility index (Phi) is 7.34. The molecule has 0 spiro atoms. The topological polar surface area (TPSA) is 136 Å². The van der Waals surface area contributed by atoms with Crippen LogP contribution in [0.3, 0.4) is 0 Å². The standard InChI is InChI=1S/C22H25F3N6O5S3/c1-13(2)39(34,35)30-5-3-14(4-6-30)16-7-15(38(32,33)29-22(10-23)11-36-12-22)9-31-17(16)8-26-19(31)21-28-27-20(37-21)18(24)25/h3,7-9,13,18,29H,4-6,10-12H2,1-2H3. The van der Waals surface area contributed by atoms with E-state index in [0.717, 1.165) is 0 Å². The van der Waals surface area contributed by atoms with Crippen LogP contribution < -0.4 is 4.72 Å². The average Bonchev–Trinajstić information content (AvgIpc) is 3.53. The number of pyridine rings is 1. The lowest BCUT2D eigenvalue weighted by atomic mass is 10.0. The number of sulfonamides is 2. The molecule has 0 unspecified atom stereocenters. The molecule has 3 aromatic rings. The number of imidazole rings is 1. The Hall–Kier alpha value is -2.44. The molecule has 0 saturated carbocycles. The van der Waals surface area contributed by atoms with Crippen molar-refractivity contribution in [3.63, 3.8) is 0 Å². The minimum Gasteiger partial charge on any atom is -0.377 e. The van der Waals surface area contributed by atoms with Gasteiger partial charge in [-0.1, -0.05) is 17.4 Å². The average molecular weight is 607 g/mol. The first-order valence-electron chi connectivity index (χ1n) is 11.9. The van der Waals surface area contributed by atoms with Gasteiger partial charge < -0.3 is 4.74 Å². The first-order chi connectivity index (χ1) is 18.4. The Morgan fingerprint density at radius 2 is 1.95 bits per heavy atom. The number of fused-ring (bicyclic) bond motifs is 1. The Balaban J connectivity index is 1.62. The van der Waals surface area contributed by atoms with Crippen molar-refractivity contribution in [2.75, 3.05) is 33.0 Å². The first-order valence-corrected chi connectivity index (χ1v) is 15.7. The van der Waals surface area contributed by atoms with E-state index in [1.807, 2.05) is 0 Å². The second kappa shape index (κ2) is 10.2. The van der Waals surface area contributed by atoms with Gasteiger partial charge in [0.2, 0.25) is 20.0 Å². The predicted octanol–water partition coefficient (Wildman–Crippen LogP) is 2.63. The number of nitrogens with one attached hydrogen (secondary N) is 1. The lowest BCUT2D eigenvalue weighted by Crippen LogP contribution is -2.63. The van der Waals surface area contributed by atoms with Crippen molar-refractivity contribution in [1.29, 1.82) is 0 Å². The number of nitrogens with zero attached hydrogens (tertiary/aromatic N) is 5. The van der Waals surface area contributed by atoms with Crippen LogP contribution in [0.2, 0.25) is 0 Å². The Morgan fingerprint density at radius 3 is 2.49 bits per heavy atom. The van der Waals surface area contributed by atoms with Crippen LogP contribution in [0.15, 0.2) is 29.4 Å². The van der Waals surface area contributed by atoms with Crippen molar-refractivity contribution in [3.8, 4) is 10.8 Å². The summed E-state index contributed by atoms with van der Waals surface area (Å²) in [5.41, 5.74) is 0.205. The number of hydrogen-bond donors (Lipinski definition) is 1. The predicted molar refractivity (Wildman–Crippen MR) is 137 cm³/mol. The number of alkyl halides is 3. The van der Waals surface area contributed by atoms with Crippen LogP contribution in [0, 0.1) is 0 Å². The van der Waals surface area contributed by atoms with Gasteiger partial charge in [-0.2, -0.15) is 9.03 Å². The van der Waals surface area contributed by atoms with E-state index in [4.69, 9.17) is 4.74 Å². The van der Waals surface area contributed by atoms with E-state index in [1.54, 1.807) is 19.9 Å². The summed E-state index contributed by atoms with van der Waals surface area (Å²) < 4.78 is 102. The third kappa shape index (κ3) is 5.11. The Bertz CT molecular complexity index is 1640. The second-order valence-corrected chi connectivity index (χ2v) is 14.8. The van der Waals surface area contributed by atoms with Gasteiger partial charge in [0.15, 0.2) is 15.8 Å². The fourth-order valence-electron chi connectivity index (χ4n) is 4.33. The summed E-state index contributed by atoms with van der Waals surface area (Å²) in [6.45, 7) is 2.25. The van der Waals surface area contributed by atoms with Gasteiger partial charge in [-0.3, -0.25) is 4.40 Å². The van der Waals surface area contributed by atoms with Crippen molar-refractivity contribution < 1.29 is 34.7 Å². The quantitative estimate of drug-likeness (QED) is 0.393. The van der Waals surface area contributed by atoms with E-state index in [-0.39, 0.29) is 48.5 Å². The molecule has 0 radical (unpaired) electrons. The van der Waals surface area contributed by atoms with Gasteiger partial charge in [0.05, 0.1) is 35.1 Å². The molecule has 0 aliphatic carbocycles. The molecule has 1 saturated heterocycles. The summed E-state index contributed by atoms with van der Waals surface area (Å²) in [4.78, 5) is 4.09. The van der Waals surface area contributed by atoms with E-state index >= 15 is 0 Å². The molecular formula is C22H25F3N6O5S3. The van der Waals surface area contributed by atoms with E-state index in [1.165, 1.54) is 27.2 Å². The van der Waals surface area contributed by atoms with Crippen LogP contribution in [0.25, 0.3) is 21.9 Å². The molecule has 3 aromatic heterocycles. The molecule has 0 atom stereocenters. The maximum Gasteiger partial charge on any atom is 0.291 e. The highest BCUT2D eigenvalue weighted by Gasteiger charge is 2.43. The molecule has 1 fully saturated rings. The van der Waals surface area contributed by atoms with Crippen LogP contribution in [0.5, 0.6) is 0 Å². The molecular weight excluding hydrogens is 581 g/mol. The Morgan fingerprint density at radius 1 is 1.21 bits per heavy atom. The Labute approximate surface area is 226 Å². The van der Waals surface area contributed by atoms with Gasteiger partial charge in [-0.15, -0.1) is 10.2 Å². The van der Waals surface area contributed by atoms with E-state index < -0.39 is 48.9 Å². The molecule has 2 aliphatic heterocycles. The maximum absolute atomic E-state index is 13.7. The highest BCUT2D eigenvalue weighted by atomic mass is 32.2. The number of rotatable bonds is 9. The van der Waals surface area contributed by atoms with Gasteiger partial charge in [-0.05, 0) is 31.9 Å². The lowest BCUT2D eigenvalue weighted by Gasteiger charge is -2.39. The molecule has 212 valence electrons. The number of aromatic nitrogens is 4. The lowest BCUT2D eigenvalue weighted by molar-refractivity contribution is -0.0725. The summed E-state index contributed by atoms with van der Waals surface area (Å²) in [6, 6.07) is 1.41. The molecule has 0 amide bonds. The van der Waals surface area contributed by atoms with Crippen molar-refractivity contribution in [2.45, 2.75) is 42.4 Å². The van der Waals surface area contributed by atoms with Crippen molar-refractivity contribution >= 4 is 42.5 Å². The molecule has 0 bridgehead atoms. The van der Waals surface area contributed by atoms with Crippen LogP contribution >= 0.6 is 11.3 Å². The van der Waals surface area contributed by atoms with Gasteiger partial charge in [0.1, 0.15) is 12.2 Å². The molecule has 1 N–H and O–H groups in total.